The summed E-state index contributed by atoms with van der Waals surface area (Å²) < 4.78 is 1.98. The molecule has 1 heterocycles. The minimum Gasteiger partial charge on any atom is -0.508 e. The fourth-order valence-electron chi connectivity index (χ4n) is 3.53. The van der Waals surface area contributed by atoms with Gasteiger partial charge in [-0.25, -0.2) is 0 Å². The molecule has 0 fully saturated rings. The van der Waals surface area contributed by atoms with E-state index in [1.807, 2.05) is 24.3 Å². The van der Waals surface area contributed by atoms with Crippen molar-refractivity contribution in [1.29, 1.82) is 0 Å². The van der Waals surface area contributed by atoms with E-state index < -0.39 is 0 Å². The molecule has 1 aliphatic heterocycles. The first-order valence-electron chi connectivity index (χ1n) is 9.61. The molecule has 3 nitrogen and oxygen atoms in total. The Morgan fingerprint density at radius 2 is 1.59 bits per heavy atom. The topological polar surface area (TPSA) is 44.3 Å². The van der Waals surface area contributed by atoms with E-state index >= 15 is 0 Å². The van der Waals surface area contributed by atoms with E-state index in [0.717, 1.165) is 37.8 Å². The van der Waals surface area contributed by atoms with Gasteiger partial charge in [0.2, 0.25) is 0 Å². The van der Waals surface area contributed by atoms with Crippen LogP contribution < -0.4 is 10.6 Å². The Labute approximate surface area is 188 Å². The lowest BCUT2D eigenvalue weighted by Crippen LogP contribution is -2.39. The predicted octanol–water partition coefficient (Wildman–Crippen LogP) is 6.45. The van der Waals surface area contributed by atoms with E-state index in [-0.39, 0.29) is 18.0 Å². The highest BCUT2D eigenvalue weighted by atomic mass is 79.9. The van der Waals surface area contributed by atoms with Crippen molar-refractivity contribution in [3.8, 4) is 5.75 Å². The maximum atomic E-state index is 10.5. The zero-order chi connectivity index (χ0) is 20.4. The van der Waals surface area contributed by atoms with Crippen LogP contribution in [0, 0.1) is 0 Å². The van der Waals surface area contributed by atoms with Crippen molar-refractivity contribution in [2.45, 2.75) is 25.6 Å². The zero-order valence-corrected chi connectivity index (χ0v) is 19.2. The van der Waals surface area contributed by atoms with Crippen LogP contribution in [0.5, 0.6) is 5.75 Å². The van der Waals surface area contributed by atoms with Crippen LogP contribution in [0.25, 0.3) is 5.70 Å². The summed E-state index contributed by atoms with van der Waals surface area (Å²) in [6.45, 7) is 2.16. The third-order valence-electron chi connectivity index (χ3n) is 5.18. The largest absolute Gasteiger partial charge is 0.508 e. The summed E-state index contributed by atoms with van der Waals surface area (Å²) in [5.74, 6) is 0.277. The van der Waals surface area contributed by atoms with Crippen molar-refractivity contribution in [3.05, 3.63) is 104 Å². The van der Waals surface area contributed by atoms with Crippen LogP contribution in [0.1, 0.15) is 41.4 Å². The van der Waals surface area contributed by atoms with Gasteiger partial charge in [-0.15, -0.1) is 0 Å². The summed E-state index contributed by atoms with van der Waals surface area (Å²) in [5, 5.41) is 17.7. The maximum absolute atomic E-state index is 10.5. The van der Waals surface area contributed by atoms with Crippen molar-refractivity contribution < 1.29 is 5.11 Å². The molecule has 5 heteroatoms. The van der Waals surface area contributed by atoms with Crippen LogP contribution >= 0.6 is 31.9 Å². The van der Waals surface area contributed by atoms with Gasteiger partial charge in [-0.1, -0.05) is 75.2 Å². The van der Waals surface area contributed by atoms with Crippen LogP contribution in [-0.2, 0) is 6.42 Å². The van der Waals surface area contributed by atoms with Crippen molar-refractivity contribution in [2.24, 2.45) is 0 Å². The number of rotatable bonds is 4. The van der Waals surface area contributed by atoms with Crippen molar-refractivity contribution in [3.63, 3.8) is 0 Å². The van der Waals surface area contributed by atoms with Gasteiger partial charge in [-0.3, -0.25) is 5.32 Å². The Balaban J connectivity index is 1.75. The summed E-state index contributed by atoms with van der Waals surface area (Å²) in [5.41, 5.74) is 5.46. The van der Waals surface area contributed by atoms with E-state index in [1.54, 1.807) is 6.07 Å². The van der Waals surface area contributed by atoms with Gasteiger partial charge in [-0.2, -0.15) is 0 Å². The van der Waals surface area contributed by atoms with Crippen LogP contribution in [-0.4, -0.2) is 5.11 Å². The van der Waals surface area contributed by atoms with Gasteiger partial charge >= 0.3 is 0 Å². The molecule has 2 unspecified atom stereocenters. The van der Waals surface area contributed by atoms with Gasteiger partial charge in [-0.05, 0) is 59.5 Å². The first kappa shape index (κ1) is 20.2. The molecule has 0 radical (unpaired) electrons. The fraction of sp³-hybridized carbons (Fsp3) is 0.167. The summed E-state index contributed by atoms with van der Waals surface area (Å²) in [7, 11) is 0. The number of phenols is 1. The molecule has 0 saturated heterocycles. The van der Waals surface area contributed by atoms with Gasteiger partial charge in [0.05, 0.1) is 6.04 Å². The highest BCUT2D eigenvalue weighted by Crippen LogP contribution is 2.35. The molecule has 3 aromatic carbocycles. The highest BCUT2D eigenvalue weighted by Gasteiger charge is 2.25. The van der Waals surface area contributed by atoms with E-state index in [0.29, 0.717) is 0 Å². The lowest BCUT2D eigenvalue weighted by Gasteiger charge is -2.33. The number of phenolic OH excluding ortho intramolecular Hbond substituents is 1. The van der Waals surface area contributed by atoms with Crippen LogP contribution in [0.3, 0.4) is 0 Å². The van der Waals surface area contributed by atoms with Crippen LogP contribution in [0.2, 0.25) is 0 Å². The number of benzene rings is 3. The number of hydrogen-bond acceptors (Lipinski definition) is 3. The number of nitrogens with one attached hydrogen (secondary N) is 2. The van der Waals surface area contributed by atoms with Crippen molar-refractivity contribution >= 4 is 37.6 Å². The molecule has 2 atom stereocenters. The summed E-state index contributed by atoms with van der Waals surface area (Å²) in [4.78, 5) is 0. The molecule has 3 aromatic rings. The third-order valence-corrected chi connectivity index (χ3v) is 6.20. The molecule has 0 amide bonds. The monoisotopic (exact) mass is 512 g/mol. The second kappa shape index (κ2) is 8.74. The van der Waals surface area contributed by atoms with Gasteiger partial charge in [0, 0.05) is 20.2 Å². The third kappa shape index (κ3) is 4.58. The van der Waals surface area contributed by atoms with Crippen LogP contribution in [0.4, 0.5) is 0 Å². The van der Waals surface area contributed by atoms with E-state index in [9.17, 15) is 5.11 Å². The van der Waals surface area contributed by atoms with E-state index in [4.69, 9.17) is 0 Å². The normalized spacial score (nSPS) is 18.8. The smallest absolute Gasteiger partial charge is 0.120 e. The average Bonchev–Trinajstić information content (AvgIpc) is 2.75. The molecule has 0 bridgehead atoms. The van der Waals surface area contributed by atoms with Gasteiger partial charge in [0.15, 0.2) is 0 Å². The Kier molecular flexibility index (Phi) is 6.09. The molecule has 0 spiro atoms. The number of halogens is 2. The van der Waals surface area contributed by atoms with Crippen molar-refractivity contribution in [2.75, 3.05) is 0 Å². The molecule has 29 heavy (non-hydrogen) atoms. The molecule has 3 N–H and O–H groups in total. The lowest BCUT2D eigenvalue weighted by molar-refractivity contribution is 0.419. The molecule has 0 aromatic heterocycles. The average molecular weight is 514 g/mol. The first-order valence-corrected chi connectivity index (χ1v) is 11.2. The second-order valence-electron chi connectivity index (χ2n) is 7.11. The predicted molar refractivity (Wildman–Crippen MR) is 125 cm³/mol. The summed E-state index contributed by atoms with van der Waals surface area (Å²) >= 11 is 7.03. The fourth-order valence-corrected chi connectivity index (χ4v) is 4.17. The van der Waals surface area contributed by atoms with Gasteiger partial charge in [0.25, 0.3) is 0 Å². The lowest BCUT2D eigenvalue weighted by atomic mass is 9.97. The van der Waals surface area contributed by atoms with Gasteiger partial charge < -0.3 is 10.4 Å². The quantitative estimate of drug-likeness (QED) is 0.375. The molecule has 1 aliphatic rings. The van der Waals surface area contributed by atoms with Crippen molar-refractivity contribution in [1.82, 2.24) is 10.6 Å². The molecule has 4 rings (SSSR count). The Morgan fingerprint density at radius 3 is 2.28 bits per heavy atom. The minimum atomic E-state index is -0.136. The minimum absolute atomic E-state index is 0.0858. The van der Waals surface area contributed by atoms with Gasteiger partial charge in [0.1, 0.15) is 11.9 Å². The molecule has 148 valence electrons. The molecule has 0 saturated carbocycles. The number of hydrogen-bond donors (Lipinski definition) is 3. The van der Waals surface area contributed by atoms with E-state index in [1.165, 1.54) is 5.56 Å². The maximum Gasteiger partial charge on any atom is 0.120 e. The SMILES string of the molecule is CCc1ccc(C2=CC(c3cc(Br)ccc3O)NC(c3ccc(Br)cc3)N2)cc1. The Hall–Kier alpha value is -2.08. The standard InChI is InChI=1S/C24H22Br2N2O/c1-2-15-3-5-16(6-4-15)21-14-22(20-13-19(26)11-12-23(20)29)28-24(27-21)17-7-9-18(25)10-8-17/h3-14,22,24,27-29H,2H2,1H3. The summed E-state index contributed by atoms with van der Waals surface area (Å²) in [6.07, 6.45) is 3.07. The Morgan fingerprint density at radius 1 is 0.897 bits per heavy atom. The zero-order valence-electron chi connectivity index (χ0n) is 16.0. The highest BCUT2D eigenvalue weighted by molar-refractivity contribution is 9.10. The number of aromatic hydroxyl groups is 1. The molecular weight excluding hydrogens is 492 g/mol. The van der Waals surface area contributed by atoms with E-state index in [2.05, 4.69) is 91.9 Å². The number of aryl methyl sites for hydroxylation is 1. The molecular formula is C24H22Br2N2O. The first-order chi connectivity index (χ1) is 14.0. The Bertz CT molecular complexity index is 1030. The van der Waals surface area contributed by atoms with Crippen LogP contribution in [0.15, 0.2) is 81.8 Å². The molecule has 0 aliphatic carbocycles. The summed E-state index contributed by atoms with van der Waals surface area (Å²) in [6, 6.07) is 22.3. The second-order valence-corrected chi connectivity index (χ2v) is 8.94.